The molecule has 0 saturated heterocycles. The van der Waals surface area contributed by atoms with E-state index >= 15 is 0 Å². The highest BCUT2D eigenvalue weighted by Crippen LogP contribution is 2.41. The number of hydrogen-bond acceptors (Lipinski definition) is 2. The van der Waals surface area contributed by atoms with Crippen molar-refractivity contribution < 1.29 is 84.9 Å². The Morgan fingerprint density at radius 2 is 0.409 bits per heavy atom. The van der Waals surface area contributed by atoms with Gasteiger partial charge in [-0.15, -0.1) is 0 Å². The van der Waals surface area contributed by atoms with E-state index in [0.29, 0.717) is 6.92 Å². The molecule has 2 N–H and O–H groups in total. The molecule has 0 bridgehead atoms. The third-order valence-electron chi connectivity index (χ3n) is 5.67. The summed E-state index contributed by atoms with van der Waals surface area (Å²) in [5, 5.41) is 17.5. The van der Waals surface area contributed by atoms with E-state index in [2.05, 4.69) is 0 Å². The van der Waals surface area contributed by atoms with Crippen molar-refractivity contribution in [2.24, 2.45) is 0 Å². The summed E-state index contributed by atoms with van der Waals surface area (Å²) in [6.07, 6.45) is 0. The van der Waals surface area contributed by atoms with Gasteiger partial charge in [-0.2, -0.15) is 17.6 Å². The molecule has 0 aliphatic heterocycles. The molecule has 2 nitrogen and oxygen atoms in total. The van der Waals surface area contributed by atoms with Crippen molar-refractivity contribution in [2.75, 3.05) is 0 Å². The third kappa shape index (κ3) is 4.98. The standard InChI is InChI=1S/C13H4F8O.C12HF9O/c1-2-5(14)7(16)3(8(17)6(2)15)4-9(18)11(20)13(22)12(21)10(4)19;13-3-1(4(14)8(18)9(19)7(3)17)2-5(15)10(20)12(22)11(21)6(2)16/h22H,1H3;22H. The van der Waals surface area contributed by atoms with Crippen LogP contribution in [-0.4, -0.2) is 10.2 Å². The van der Waals surface area contributed by atoms with Gasteiger partial charge in [0.05, 0.1) is 22.3 Å². The predicted octanol–water partition coefficient (Wildman–Crippen LogP) is 8.79. The summed E-state index contributed by atoms with van der Waals surface area (Å²) in [4.78, 5) is 0. The van der Waals surface area contributed by atoms with E-state index < -0.39 is 138 Å². The van der Waals surface area contributed by atoms with Crippen LogP contribution >= 0.6 is 0 Å². The maximum absolute atomic E-state index is 13.7. The molecule has 0 amide bonds. The number of rotatable bonds is 2. The molecule has 0 heterocycles. The van der Waals surface area contributed by atoms with Gasteiger partial charge in [0.15, 0.2) is 81.3 Å². The fourth-order valence-electron chi connectivity index (χ4n) is 3.46. The Kier molecular flexibility index (Phi) is 9.03. The molecule has 4 rings (SSSR count). The van der Waals surface area contributed by atoms with Gasteiger partial charge in [-0.05, 0) is 6.92 Å². The zero-order valence-corrected chi connectivity index (χ0v) is 20.3. The Morgan fingerprint density at radius 1 is 0.250 bits per heavy atom. The molecule has 0 saturated carbocycles. The van der Waals surface area contributed by atoms with Crippen molar-refractivity contribution in [1.82, 2.24) is 0 Å². The summed E-state index contributed by atoms with van der Waals surface area (Å²) in [5.41, 5.74) is -9.49. The average Bonchev–Trinajstić information content (AvgIpc) is 3.00. The van der Waals surface area contributed by atoms with Gasteiger partial charge in [-0.1, -0.05) is 0 Å². The molecule has 0 aliphatic carbocycles. The predicted molar refractivity (Wildman–Crippen MR) is 111 cm³/mol. The van der Waals surface area contributed by atoms with Crippen molar-refractivity contribution in [3.8, 4) is 33.8 Å². The van der Waals surface area contributed by atoms with Crippen LogP contribution in [0.5, 0.6) is 11.5 Å². The van der Waals surface area contributed by atoms with E-state index in [4.69, 9.17) is 10.2 Å². The van der Waals surface area contributed by atoms with Gasteiger partial charge < -0.3 is 10.2 Å². The van der Waals surface area contributed by atoms with Crippen LogP contribution in [0.4, 0.5) is 74.6 Å². The smallest absolute Gasteiger partial charge is 0.204 e. The van der Waals surface area contributed by atoms with Crippen LogP contribution < -0.4 is 0 Å². The zero-order chi connectivity index (χ0) is 33.9. The quantitative estimate of drug-likeness (QED) is 0.128. The van der Waals surface area contributed by atoms with E-state index in [9.17, 15) is 74.6 Å². The maximum atomic E-state index is 13.7. The van der Waals surface area contributed by atoms with E-state index in [-0.39, 0.29) is 0 Å². The number of hydrogen-bond donors (Lipinski definition) is 2. The molecular weight excluding hydrogens is 655 g/mol. The van der Waals surface area contributed by atoms with E-state index in [1.807, 2.05) is 0 Å². The lowest BCUT2D eigenvalue weighted by Gasteiger charge is -2.13. The molecule has 0 aromatic heterocycles. The molecule has 0 radical (unpaired) electrons. The van der Waals surface area contributed by atoms with Crippen LogP contribution in [0, 0.1) is 106 Å². The Bertz CT molecular complexity index is 1480. The molecule has 236 valence electrons. The number of phenols is 2. The first-order chi connectivity index (χ1) is 20.2. The molecule has 0 fully saturated rings. The minimum absolute atomic E-state index is 0.644. The molecule has 0 spiro atoms. The van der Waals surface area contributed by atoms with Crippen LogP contribution in [0.2, 0.25) is 0 Å². The van der Waals surface area contributed by atoms with Crippen molar-refractivity contribution in [3.05, 3.63) is 104 Å². The van der Waals surface area contributed by atoms with Gasteiger partial charge in [-0.3, -0.25) is 0 Å². The normalized spacial score (nSPS) is 11.1. The summed E-state index contributed by atoms with van der Waals surface area (Å²) in [6.45, 7) is 0.644. The molecular formula is C25H5F17O2. The summed E-state index contributed by atoms with van der Waals surface area (Å²) < 4.78 is 227. The van der Waals surface area contributed by atoms with Crippen LogP contribution in [-0.2, 0) is 0 Å². The van der Waals surface area contributed by atoms with Gasteiger partial charge in [0.25, 0.3) is 0 Å². The average molecular weight is 660 g/mol. The van der Waals surface area contributed by atoms with Crippen molar-refractivity contribution >= 4 is 0 Å². The lowest BCUT2D eigenvalue weighted by atomic mass is 9.99. The highest BCUT2D eigenvalue weighted by molar-refractivity contribution is 5.69. The first-order valence-electron chi connectivity index (χ1n) is 10.7. The van der Waals surface area contributed by atoms with Crippen molar-refractivity contribution in [1.29, 1.82) is 0 Å². The Morgan fingerprint density at radius 3 is 0.636 bits per heavy atom. The summed E-state index contributed by atoms with van der Waals surface area (Å²) in [6, 6.07) is 0. The summed E-state index contributed by atoms with van der Waals surface area (Å²) in [5.74, 6) is -45.3. The second kappa shape index (κ2) is 11.8. The molecule has 19 heteroatoms. The maximum Gasteiger partial charge on any atom is 0.204 e. The second-order valence-corrected chi connectivity index (χ2v) is 8.16. The van der Waals surface area contributed by atoms with Gasteiger partial charge >= 0.3 is 0 Å². The number of halogens is 17. The van der Waals surface area contributed by atoms with E-state index in [0.717, 1.165) is 0 Å². The highest BCUT2D eigenvalue weighted by atomic mass is 19.2. The lowest BCUT2D eigenvalue weighted by Crippen LogP contribution is -2.08. The fraction of sp³-hybridized carbons (Fsp3) is 0.0400. The fourth-order valence-corrected chi connectivity index (χ4v) is 3.46. The zero-order valence-electron chi connectivity index (χ0n) is 20.3. The molecule has 4 aromatic carbocycles. The molecule has 44 heavy (non-hydrogen) atoms. The Labute approximate surface area is 230 Å². The first kappa shape index (κ1) is 33.8. The van der Waals surface area contributed by atoms with E-state index in [1.165, 1.54) is 0 Å². The molecule has 0 atom stereocenters. The second-order valence-electron chi connectivity index (χ2n) is 8.16. The number of benzene rings is 4. The molecule has 4 aromatic rings. The third-order valence-corrected chi connectivity index (χ3v) is 5.67. The topological polar surface area (TPSA) is 40.5 Å². The summed E-state index contributed by atoms with van der Waals surface area (Å²) >= 11 is 0. The number of phenolic OH excluding ortho intramolecular Hbond substituents is 2. The minimum atomic E-state index is -2.65. The first-order valence-corrected chi connectivity index (χ1v) is 10.7. The SMILES string of the molecule is Cc1c(F)c(F)c(-c2c(F)c(F)c(O)c(F)c2F)c(F)c1F.Oc1c(F)c(F)c(-c2c(F)c(F)c(F)c(F)c2F)c(F)c1F. The largest absolute Gasteiger partial charge is 0.503 e. The molecule has 0 aliphatic rings. The molecule has 0 unspecified atom stereocenters. The Hall–Kier alpha value is -4.71. The van der Waals surface area contributed by atoms with Crippen LogP contribution in [0.25, 0.3) is 22.3 Å². The van der Waals surface area contributed by atoms with Crippen LogP contribution in [0.3, 0.4) is 0 Å². The lowest BCUT2D eigenvalue weighted by molar-refractivity contribution is 0.355. The van der Waals surface area contributed by atoms with Crippen LogP contribution in [0.1, 0.15) is 5.56 Å². The van der Waals surface area contributed by atoms with Gasteiger partial charge in [-0.25, -0.2) is 57.1 Å². The van der Waals surface area contributed by atoms with Crippen molar-refractivity contribution in [3.63, 3.8) is 0 Å². The minimum Gasteiger partial charge on any atom is -0.503 e. The summed E-state index contributed by atoms with van der Waals surface area (Å²) in [7, 11) is 0. The van der Waals surface area contributed by atoms with Gasteiger partial charge in [0.2, 0.25) is 29.1 Å². The van der Waals surface area contributed by atoms with Gasteiger partial charge in [0, 0.05) is 5.56 Å². The number of aromatic hydroxyl groups is 2. The Balaban J connectivity index is 0.000000240. The van der Waals surface area contributed by atoms with Crippen molar-refractivity contribution in [2.45, 2.75) is 6.92 Å². The van der Waals surface area contributed by atoms with Gasteiger partial charge in [0.1, 0.15) is 0 Å². The highest BCUT2D eigenvalue weighted by Gasteiger charge is 2.35. The van der Waals surface area contributed by atoms with E-state index in [1.54, 1.807) is 0 Å². The monoisotopic (exact) mass is 660 g/mol. The van der Waals surface area contributed by atoms with Crippen LogP contribution in [0.15, 0.2) is 0 Å².